The fourth-order valence-electron chi connectivity index (χ4n) is 1.84. The zero-order valence-corrected chi connectivity index (χ0v) is 12.9. The lowest BCUT2D eigenvalue weighted by molar-refractivity contribution is 0.870. The van der Waals surface area contributed by atoms with E-state index in [-0.39, 0.29) is 6.04 Å². The number of halogens is 2. The third kappa shape index (κ3) is 3.67. The fraction of sp³-hybridized carbons (Fsp3) is 0.200. The summed E-state index contributed by atoms with van der Waals surface area (Å²) in [5, 5.41) is 1.08. The van der Waals surface area contributed by atoms with Crippen molar-refractivity contribution in [3.63, 3.8) is 0 Å². The number of hydrogen-bond acceptors (Lipinski definition) is 2. The molecule has 19 heavy (non-hydrogen) atoms. The highest BCUT2D eigenvalue weighted by Gasteiger charge is 2.10. The highest BCUT2D eigenvalue weighted by molar-refractivity contribution is 7.99. The normalized spacial score (nSPS) is 12.4. The minimum absolute atomic E-state index is 0.185. The molecule has 0 radical (unpaired) electrons. The first-order valence-corrected chi connectivity index (χ1v) is 7.79. The van der Waals surface area contributed by atoms with Crippen molar-refractivity contribution >= 4 is 35.0 Å². The number of nitrogens with two attached hydrogens (primary N) is 1. The summed E-state index contributed by atoms with van der Waals surface area (Å²) in [7, 11) is 0. The van der Waals surface area contributed by atoms with Crippen molar-refractivity contribution in [1.82, 2.24) is 0 Å². The second-order valence-electron chi connectivity index (χ2n) is 4.15. The van der Waals surface area contributed by atoms with Crippen LogP contribution in [0.4, 0.5) is 0 Å². The molecule has 0 fully saturated rings. The molecule has 2 rings (SSSR count). The highest BCUT2D eigenvalue weighted by Crippen LogP contribution is 2.28. The van der Waals surface area contributed by atoms with Crippen molar-refractivity contribution in [2.45, 2.75) is 17.9 Å². The Hall–Kier alpha value is -0.670. The van der Waals surface area contributed by atoms with E-state index < -0.39 is 0 Å². The van der Waals surface area contributed by atoms with Gasteiger partial charge < -0.3 is 5.73 Å². The van der Waals surface area contributed by atoms with Crippen LogP contribution < -0.4 is 5.73 Å². The lowest BCUT2D eigenvalue weighted by atomic mass is 10.00. The van der Waals surface area contributed by atoms with Gasteiger partial charge in [-0.1, -0.05) is 48.3 Å². The van der Waals surface area contributed by atoms with Crippen molar-refractivity contribution in [2.75, 3.05) is 5.75 Å². The van der Waals surface area contributed by atoms with Gasteiger partial charge in [-0.25, -0.2) is 0 Å². The molecule has 1 atom stereocenters. The fourth-order valence-corrected chi connectivity index (χ4v) is 2.80. The van der Waals surface area contributed by atoms with E-state index in [0.29, 0.717) is 10.0 Å². The van der Waals surface area contributed by atoms with Gasteiger partial charge in [-0.3, -0.25) is 0 Å². The van der Waals surface area contributed by atoms with Gasteiger partial charge in [0, 0.05) is 4.90 Å². The summed E-state index contributed by atoms with van der Waals surface area (Å²) in [5.74, 6) is 1.07. The molecule has 2 aromatic rings. The zero-order chi connectivity index (χ0) is 13.8. The molecule has 0 spiro atoms. The third-order valence-corrected chi connectivity index (χ3v) is 4.49. The third-order valence-electron chi connectivity index (χ3n) is 2.85. The van der Waals surface area contributed by atoms with Gasteiger partial charge in [0.25, 0.3) is 0 Å². The molecule has 100 valence electrons. The Morgan fingerprint density at radius 1 is 1.00 bits per heavy atom. The molecule has 1 unspecified atom stereocenters. The van der Waals surface area contributed by atoms with Crippen LogP contribution >= 0.6 is 35.0 Å². The maximum Gasteiger partial charge on any atom is 0.0595 e. The lowest BCUT2D eigenvalue weighted by Crippen LogP contribution is -2.11. The predicted molar refractivity (Wildman–Crippen MR) is 85.3 cm³/mol. The van der Waals surface area contributed by atoms with E-state index in [1.165, 1.54) is 4.90 Å². The molecular formula is C15H15Cl2NS. The molecule has 0 aliphatic heterocycles. The minimum Gasteiger partial charge on any atom is -0.320 e. The van der Waals surface area contributed by atoms with Crippen LogP contribution in [0.25, 0.3) is 0 Å². The number of hydrogen-bond donors (Lipinski definition) is 1. The van der Waals surface area contributed by atoms with Gasteiger partial charge in [-0.2, -0.15) is 0 Å². The molecule has 1 nitrogen and oxygen atoms in total. The van der Waals surface area contributed by atoms with Crippen molar-refractivity contribution in [3.05, 3.63) is 63.6 Å². The predicted octanol–water partition coefficient (Wildman–Crippen LogP) is 5.15. The van der Waals surface area contributed by atoms with E-state index in [4.69, 9.17) is 28.9 Å². The van der Waals surface area contributed by atoms with Gasteiger partial charge in [0.2, 0.25) is 0 Å². The van der Waals surface area contributed by atoms with Crippen LogP contribution in [0.1, 0.15) is 24.1 Å². The Morgan fingerprint density at radius 2 is 1.63 bits per heavy atom. The largest absolute Gasteiger partial charge is 0.320 e. The Morgan fingerprint density at radius 3 is 2.21 bits per heavy atom. The Balaban J connectivity index is 2.22. The van der Waals surface area contributed by atoms with E-state index in [0.717, 1.165) is 16.9 Å². The quantitative estimate of drug-likeness (QED) is 0.790. The first-order valence-electron chi connectivity index (χ1n) is 6.05. The second-order valence-corrected chi connectivity index (χ2v) is 6.31. The topological polar surface area (TPSA) is 26.0 Å². The highest BCUT2D eigenvalue weighted by atomic mass is 35.5. The molecule has 0 saturated carbocycles. The molecule has 0 aliphatic carbocycles. The molecule has 2 N–H and O–H groups in total. The maximum atomic E-state index is 6.25. The molecule has 4 heteroatoms. The van der Waals surface area contributed by atoms with E-state index in [9.17, 15) is 0 Å². The summed E-state index contributed by atoms with van der Waals surface area (Å²) < 4.78 is 0. The minimum atomic E-state index is -0.185. The van der Waals surface area contributed by atoms with E-state index in [1.54, 1.807) is 6.07 Å². The summed E-state index contributed by atoms with van der Waals surface area (Å²) in [5.41, 5.74) is 8.28. The van der Waals surface area contributed by atoms with E-state index in [2.05, 4.69) is 31.2 Å². The number of benzene rings is 2. The van der Waals surface area contributed by atoms with Crippen LogP contribution in [-0.4, -0.2) is 5.75 Å². The average molecular weight is 312 g/mol. The van der Waals surface area contributed by atoms with Gasteiger partial charge in [-0.15, -0.1) is 11.8 Å². The van der Waals surface area contributed by atoms with Crippen LogP contribution in [-0.2, 0) is 0 Å². The smallest absolute Gasteiger partial charge is 0.0595 e. The van der Waals surface area contributed by atoms with Crippen LogP contribution in [0.2, 0.25) is 10.0 Å². The number of rotatable bonds is 4. The molecule has 0 heterocycles. The van der Waals surface area contributed by atoms with Crippen molar-refractivity contribution in [1.29, 1.82) is 0 Å². The molecule has 0 aliphatic rings. The maximum absolute atomic E-state index is 6.25. The van der Waals surface area contributed by atoms with E-state index in [1.807, 2.05) is 23.9 Å². The van der Waals surface area contributed by atoms with Crippen molar-refractivity contribution < 1.29 is 0 Å². The van der Waals surface area contributed by atoms with Crippen molar-refractivity contribution in [3.8, 4) is 0 Å². The Kier molecular flexibility index (Phi) is 5.17. The zero-order valence-electron chi connectivity index (χ0n) is 10.6. The monoisotopic (exact) mass is 311 g/mol. The van der Waals surface area contributed by atoms with Crippen LogP contribution in [0.15, 0.2) is 47.4 Å². The average Bonchev–Trinajstić information content (AvgIpc) is 2.42. The molecule has 0 saturated heterocycles. The standard InChI is InChI=1S/C15H15Cl2NS/c1-2-19-12-6-3-10(4-7-12)15(18)11-5-8-13(16)14(17)9-11/h3-9,15H,2,18H2,1H3. The molecule has 0 bridgehead atoms. The van der Waals surface area contributed by atoms with Gasteiger partial charge in [0.15, 0.2) is 0 Å². The first-order chi connectivity index (χ1) is 9.11. The summed E-state index contributed by atoms with van der Waals surface area (Å²) in [6.45, 7) is 2.14. The molecule has 2 aromatic carbocycles. The summed E-state index contributed by atoms with van der Waals surface area (Å²) >= 11 is 13.7. The van der Waals surface area contributed by atoms with E-state index >= 15 is 0 Å². The summed E-state index contributed by atoms with van der Waals surface area (Å²) in [4.78, 5) is 1.26. The van der Waals surface area contributed by atoms with Gasteiger partial charge >= 0.3 is 0 Å². The Bertz CT molecular complexity index is 555. The van der Waals surface area contributed by atoms with Gasteiger partial charge in [-0.05, 0) is 41.1 Å². The molecule has 0 aromatic heterocycles. The van der Waals surface area contributed by atoms with Crippen LogP contribution in [0.3, 0.4) is 0 Å². The molecular weight excluding hydrogens is 297 g/mol. The second kappa shape index (κ2) is 6.67. The number of thioether (sulfide) groups is 1. The lowest BCUT2D eigenvalue weighted by Gasteiger charge is -2.14. The summed E-state index contributed by atoms with van der Waals surface area (Å²) in [6.07, 6.45) is 0. The van der Waals surface area contributed by atoms with Crippen LogP contribution in [0.5, 0.6) is 0 Å². The SMILES string of the molecule is CCSc1ccc(C(N)c2ccc(Cl)c(Cl)c2)cc1. The van der Waals surface area contributed by atoms with Gasteiger partial charge in [0.05, 0.1) is 16.1 Å². The summed E-state index contributed by atoms with van der Waals surface area (Å²) in [6, 6.07) is 13.6. The van der Waals surface area contributed by atoms with Crippen LogP contribution in [0, 0.1) is 0 Å². The Labute approximate surface area is 128 Å². The van der Waals surface area contributed by atoms with Crippen molar-refractivity contribution in [2.24, 2.45) is 5.73 Å². The molecule has 0 amide bonds. The first kappa shape index (κ1) is 14.7. The van der Waals surface area contributed by atoms with Gasteiger partial charge in [0.1, 0.15) is 0 Å².